The molecule has 2 heterocycles. The van der Waals surface area contributed by atoms with Gasteiger partial charge in [-0.05, 0) is 30.7 Å². The fourth-order valence-electron chi connectivity index (χ4n) is 2.67. The van der Waals surface area contributed by atoms with Gasteiger partial charge in [-0.3, -0.25) is 0 Å². The molecule has 1 atom stereocenters. The van der Waals surface area contributed by atoms with Gasteiger partial charge in [-0.1, -0.05) is 61.5 Å². The molecule has 3 rings (SSSR count). The second-order valence-electron chi connectivity index (χ2n) is 5.69. The maximum Gasteiger partial charge on any atom is 0.113 e. The SMILES string of the molecule is CCCCSC1=C(N)C2=CC=C(c3ccccc3)NC2(C)S1. The van der Waals surface area contributed by atoms with E-state index in [1.807, 2.05) is 29.6 Å². The van der Waals surface area contributed by atoms with Crippen LogP contribution in [0.3, 0.4) is 0 Å². The second-order valence-corrected chi connectivity index (χ2v) is 8.48. The van der Waals surface area contributed by atoms with E-state index in [1.165, 1.54) is 28.2 Å². The molecule has 2 nitrogen and oxygen atoms in total. The summed E-state index contributed by atoms with van der Waals surface area (Å²) in [4.78, 5) is -0.154. The van der Waals surface area contributed by atoms with Crippen molar-refractivity contribution in [2.24, 2.45) is 5.73 Å². The molecular weight excluding hydrogens is 308 g/mol. The van der Waals surface area contributed by atoms with Crippen molar-refractivity contribution < 1.29 is 0 Å². The van der Waals surface area contributed by atoms with Crippen molar-refractivity contribution >= 4 is 29.2 Å². The van der Waals surface area contributed by atoms with Crippen molar-refractivity contribution in [1.29, 1.82) is 0 Å². The highest BCUT2D eigenvalue weighted by Gasteiger charge is 2.41. The Bertz CT molecular complexity index is 646. The van der Waals surface area contributed by atoms with Crippen molar-refractivity contribution in [3.63, 3.8) is 0 Å². The van der Waals surface area contributed by atoms with Crippen molar-refractivity contribution in [2.75, 3.05) is 5.75 Å². The van der Waals surface area contributed by atoms with Gasteiger partial charge in [-0.2, -0.15) is 0 Å². The average Bonchev–Trinajstić information content (AvgIpc) is 2.79. The molecular formula is C18H22N2S2. The summed E-state index contributed by atoms with van der Waals surface area (Å²) < 4.78 is 1.26. The summed E-state index contributed by atoms with van der Waals surface area (Å²) in [5.74, 6) is 1.14. The van der Waals surface area contributed by atoms with E-state index in [2.05, 4.69) is 55.6 Å². The Morgan fingerprint density at radius 2 is 2.00 bits per heavy atom. The van der Waals surface area contributed by atoms with Gasteiger partial charge in [-0.25, -0.2) is 0 Å². The molecule has 0 fully saturated rings. The first-order valence-corrected chi connectivity index (χ1v) is 9.52. The molecule has 1 aromatic carbocycles. The molecule has 3 N–H and O–H groups in total. The summed E-state index contributed by atoms with van der Waals surface area (Å²) in [6.45, 7) is 4.45. The number of allylic oxidation sites excluding steroid dienone is 2. The van der Waals surface area contributed by atoms with Gasteiger partial charge in [0.25, 0.3) is 0 Å². The van der Waals surface area contributed by atoms with Crippen LogP contribution >= 0.6 is 23.5 Å². The van der Waals surface area contributed by atoms with Crippen LogP contribution in [0.4, 0.5) is 0 Å². The van der Waals surface area contributed by atoms with Gasteiger partial charge in [-0.15, -0.1) is 11.8 Å². The Balaban J connectivity index is 1.83. The normalized spacial score (nSPS) is 23.7. The monoisotopic (exact) mass is 330 g/mol. The quantitative estimate of drug-likeness (QED) is 0.769. The van der Waals surface area contributed by atoms with Crippen LogP contribution in [0.5, 0.6) is 0 Å². The molecule has 0 saturated heterocycles. The molecule has 2 aliphatic heterocycles. The molecule has 0 aliphatic carbocycles. The Morgan fingerprint density at radius 1 is 1.23 bits per heavy atom. The Morgan fingerprint density at radius 3 is 2.73 bits per heavy atom. The summed E-state index contributed by atoms with van der Waals surface area (Å²) in [5.41, 5.74) is 10.9. The third-order valence-electron chi connectivity index (χ3n) is 3.93. The summed E-state index contributed by atoms with van der Waals surface area (Å²) >= 11 is 3.74. The molecule has 22 heavy (non-hydrogen) atoms. The van der Waals surface area contributed by atoms with Crippen molar-refractivity contribution in [2.45, 2.75) is 31.6 Å². The molecule has 0 aromatic heterocycles. The highest BCUT2D eigenvalue weighted by molar-refractivity contribution is 8.23. The fraction of sp³-hybridized carbons (Fsp3) is 0.333. The molecule has 4 heteroatoms. The van der Waals surface area contributed by atoms with Crippen molar-refractivity contribution in [1.82, 2.24) is 5.32 Å². The van der Waals surface area contributed by atoms with Crippen LogP contribution < -0.4 is 11.1 Å². The van der Waals surface area contributed by atoms with Crippen LogP contribution in [-0.2, 0) is 0 Å². The van der Waals surface area contributed by atoms with Gasteiger partial charge in [0.05, 0.1) is 9.93 Å². The van der Waals surface area contributed by atoms with Gasteiger partial charge >= 0.3 is 0 Å². The third kappa shape index (κ3) is 2.95. The van der Waals surface area contributed by atoms with E-state index in [4.69, 9.17) is 5.73 Å². The summed E-state index contributed by atoms with van der Waals surface area (Å²) in [6.07, 6.45) is 6.77. The highest BCUT2D eigenvalue weighted by atomic mass is 32.2. The number of thioether (sulfide) groups is 2. The number of fused-ring (bicyclic) bond motifs is 1. The van der Waals surface area contributed by atoms with Crippen LogP contribution in [0.2, 0.25) is 0 Å². The van der Waals surface area contributed by atoms with Crippen LogP contribution in [0, 0.1) is 0 Å². The minimum Gasteiger partial charge on any atom is -0.397 e. The third-order valence-corrected chi connectivity index (χ3v) is 6.64. The zero-order valence-corrected chi connectivity index (χ0v) is 14.7. The molecule has 0 bridgehead atoms. The van der Waals surface area contributed by atoms with Gasteiger partial charge < -0.3 is 11.1 Å². The van der Waals surface area contributed by atoms with E-state index in [9.17, 15) is 0 Å². The first kappa shape index (κ1) is 15.6. The molecule has 0 spiro atoms. The zero-order valence-electron chi connectivity index (χ0n) is 13.1. The summed E-state index contributed by atoms with van der Waals surface area (Å²) in [5, 5.41) is 3.68. The number of hydrogen-bond acceptors (Lipinski definition) is 4. The molecule has 0 radical (unpaired) electrons. The van der Waals surface area contributed by atoms with Crippen molar-refractivity contribution in [3.05, 3.63) is 63.6 Å². The molecule has 116 valence electrons. The first-order valence-electron chi connectivity index (χ1n) is 7.72. The smallest absolute Gasteiger partial charge is 0.113 e. The van der Waals surface area contributed by atoms with Crippen LogP contribution in [0.1, 0.15) is 32.3 Å². The minimum absolute atomic E-state index is 0.154. The van der Waals surface area contributed by atoms with Crippen LogP contribution in [0.25, 0.3) is 5.70 Å². The maximum atomic E-state index is 6.39. The largest absolute Gasteiger partial charge is 0.397 e. The Kier molecular flexibility index (Phi) is 4.59. The maximum absolute atomic E-state index is 6.39. The molecule has 0 amide bonds. The lowest BCUT2D eigenvalue weighted by Crippen LogP contribution is -2.40. The number of nitrogens with one attached hydrogen (secondary N) is 1. The lowest BCUT2D eigenvalue weighted by atomic mass is 9.99. The molecule has 1 unspecified atom stereocenters. The predicted molar refractivity (Wildman–Crippen MR) is 100 cm³/mol. The molecule has 0 saturated carbocycles. The van der Waals surface area contributed by atoms with Gasteiger partial charge in [0.2, 0.25) is 0 Å². The Hall–Kier alpha value is -1.26. The summed E-state index contributed by atoms with van der Waals surface area (Å²) in [6, 6.07) is 10.4. The number of benzene rings is 1. The van der Waals surface area contributed by atoms with Crippen molar-refractivity contribution in [3.8, 4) is 0 Å². The van der Waals surface area contributed by atoms with Crippen LogP contribution in [0.15, 0.2) is 58.0 Å². The second kappa shape index (κ2) is 6.47. The highest BCUT2D eigenvalue weighted by Crippen LogP contribution is 2.53. The molecule has 1 aromatic rings. The predicted octanol–water partition coefficient (Wildman–Crippen LogP) is 4.68. The minimum atomic E-state index is -0.154. The van der Waals surface area contributed by atoms with E-state index in [0.29, 0.717) is 0 Å². The standard InChI is InChI=1S/C18H22N2S2/c1-3-4-12-21-17-16(19)14-10-11-15(20-18(14,2)22-17)13-8-6-5-7-9-13/h5-11,20H,3-4,12,19H2,1-2H3. The van der Waals surface area contributed by atoms with Crippen LogP contribution in [-0.4, -0.2) is 10.6 Å². The van der Waals surface area contributed by atoms with E-state index < -0.39 is 0 Å². The zero-order chi connectivity index (χ0) is 15.6. The first-order chi connectivity index (χ1) is 10.6. The lowest BCUT2D eigenvalue weighted by molar-refractivity contribution is 0.687. The van der Waals surface area contributed by atoms with Gasteiger partial charge in [0.1, 0.15) is 4.87 Å². The summed E-state index contributed by atoms with van der Waals surface area (Å²) in [7, 11) is 0. The number of nitrogens with two attached hydrogens (primary N) is 1. The van der Waals surface area contributed by atoms with Gasteiger partial charge in [0, 0.05) is 11.3 Å². The molecule has 2 aliphatic rings. The van der Waals surface area contributed by atoms with E-state index in [1.54, 1.807) is 0 Å². The van der Waals surface area contributed by atoms with E-state index in [0.717, 1.165) is 17.1 Å². The number of hydrogen-bond donors (Lipinski definition) is 2. The van der Waals surface area contributed by atoms with E-state index in [-0.39, 0.29) is 4.87 Å². The average molecular weight is 331 g/mol. The number of dihydropyridines is 1. The van der Waals surface area contributed by atoms with E-state index >= 15 is 0 Å². The number of rotatable bonds is 5. The number of unbranched alkanes of at least 4 members (excludes halogenated alkanes) is 1. The topological polar surface area (TPSA) is 38.0 Å². The fourth-order valence-corrected chi connectivity index (χ4v) is 5.58. The Labute approximate surface area is 141 Å². The lowest BCUT2D eigenvalue weighted by Gasteiger charge is -2.32. The van der Waals surface area contributed by atoms with Gasteiger partial charge in [0.15, 0.2) is 0 Å².